The smallest absolute Gasteiger partial charge is 0.209 e. The second kappa shape index (κ2) is 4.99. The number of pyridine rings is 1. The molecule has 5 nitrogen and oxygen atoms in total. The predicted octanol–water partition coefficient (Wildman–Crippen LogP) is 2.20. The van der Waals surface area contributed by atoms with Crippen molar-refractivity contribution in [1.29, 1.82) is 0 Å². The van der Waals surface area contributed by atoms with E-state index in [-0.39, 0.29) is 0 Å². The average Bonchev–Trinajstić information content (AvgIpc) is 2.59. The fourth-order valence-corrected chi connectivity index (χ4v) is 2.37. The molecule has 0 saturated heterocycles. The van der Waals surface area contributed by atoms with E-state index in [2.05, 4.69) is 20.5 Å². The van der Waals surface area contributed by atoms with Crippen molar-refractivity contribution in [2.45, 2.75) is 10.9 Å². The molecule has 2 aromatic heterocycles. The van der Waals surface area contributed by atoms with Gasteiger partial charge >= 0.3 is 0 Å². The van der Waals surface area contributed by atoms with E-state index in [1.807, 2.05) is 0 Å². The lowest BCUT2D eigenvalue weighted by Gasteiger charge is -2.01. The van der Waals surface area contributed by atoms with E-state index < -0.39 is 0 Å². The van der Waals surface area contributed by atoms with E-state index in [1.165, 1.54) is 11.8 Å². The number of rotatable bonds is 3. The van der Waals surface area contributed by atoms with Gasteiger partial charge in [-0.1, -0.05) is 35.0 Å². The predicted molar refractivity (Wildman–Crippen MR) is 62.6 cm³/mol. The summed E-state index contributed by atoms with van der Waals surface area (Å²) in [6.07, 6.45) is 0. The molecule has 84 valence electrons. The summed E-state index contributed by atoms with van der Waals surface area (Å²) < 4.78 is 1.61. The summed E-state index contributed by atoms with van der Waals surface area (Å²) in [6, 6.07) is 3.54. The summed E-state index contributed by atoms with van der Waals surface area (Å²) in [6.45, 7) is 0. The molecular formula is C8H7Cl2N5S. The monoisotopic (exact) mass is 275 g/mol. The molecule has 16 heavy (non-hydrogen) atoms. The van der Waals surface area contributed by atoms with Crippen LogP contribution in [0.1, 0.15) is 5.56 Å². The number of thioether (sulfide) groups is 1. The molecule has 8 heteroatoms. The Morgan fingerprint density at radius 3 is 2.56 bits per heavy atom. The van der Waals surface area contributed by atoms with Gasteiger partial charge in [0.2, 0.25) is 5.16 Å². The molecule has 0 aliphatic rings. The van der Waals surface area contributed by atoms with Gasteiger partial charge in [0, 0.05) is 12.8 Å². The Hall–Kier alpha value is -0.850. The van der Waals surface area contributed by atoms with Crippen LogP contribution in [0.2, 0.25) is 10.3 Å². The third-order valence-electron chi connectivity index (χ3n) is 1.77. The standard InChI is InChI=1S/C8H7Cl2N5S/c1-15-8(12-13-14-15)16-4-5-2-6(9)11-7(10)3-5/h2-3H,4H2,1H3. The Bertz CT molecular complexity index is 481. The van der Waals surface area contributed by atoms with Crippen LogP contribution in [-0.2, 0) is 12.8 Å². The normalized spacial score (nSPS) is 10.7. The van der Waals surface area contributed by atoms with Crippen molar-refractivity contribution in [2.24, 2.45) is 7.05 Å². The number of aromatic nitrogens is 5. The Kier molecular flexibility index (Phi) is 3.63. The Labute approximate surface area is 106 Å². The van der Waals surface area contributed by atoms with E-state index in [0.29, 0.717) is 16.1 Å². The van der Waals surface area contributed by atoms with Crippen molar-refractivity contribution in [3.05, 3.63) is 28.0 Å². The molecule has 0 N–H and O–H groups in total. The van der Waals surface area contributed by atoms with Crippen molar-refractivity contribution in [3.63, 3.8) is 0 Å². The molecule has 0 radical (unpaired) electrons. The van der Waals surface area contributed by atoms with Gasteiger partial charge in [-0.25, -0.2) is 9.67 Å². The third kappa shape index (κ3) is 2.84. The van der Waals surface area contributed by atoms with Crippen LogP contribution in [0.5, 0.6) is 0 Å². The molecule has 0 amide bonds. The summed E-state index contributed by atoms with van der Waals surface area (Å²) in [7, 11) is 1.79. The van der Waals surface area contributed by atoms with Gasteiger partial charge in [-0.05, 0) is 28.1 Å². The van der Waals surface area contributed by atoms with Gasteiger partial charge in [0.15, 0.2) is 0 Å². The molecule has 0 bridgehead atoms. The van der Waals surface area contributed by atoms with Crippen LogP contribution in [0.4, 0.5) is 0 Å². The van der Waals surface area contributed by atoms with Crippen molar-refractivity contribution in [3.8, 4) is 0 Å². The first-order valence-corrected chi connectivity index (χ1v) is 6.06. The molecule has 0 aromatic carbocycles. The fourth-order valence-electron chi connectivity index (χ4n) is 1.09. The van der Waals surface area contributed by atoms with Crippen molar-refractivity contribution < 1.29 is 0 Å². The van der Waals surface area contributed by atoms with Crippen LogP contribution in [-0.4, -0.2) is 25.2 Å². The molecule has 0 atom stereocenters. The zero-order chi connectivity index (χ0) is 11.5. The SMILES string of the molecule is Cn1nnnc1SCc1cc(Cl)nc(Cl)c1. The number of hydrogen-bond donors (Lipinski definition) is 0. The van der Waals surface area contributed by atoms with Crippen LogP contribution in [0.15, 0.2) is 17.3 Å². The molecule has 0 unspecified atom stereocenters. The second-order valence-corrected chi connectivity index (χ2v) is 4.71. The van der Waals surface area contributed by atoms with Crippen LogP contribution >= 0.6 is 35.0 Å². The number of nitrogens with zero attached hydrogens (tertiary/aromatic N) is 5. The van der Waals surface area contributed by atoms with E-state index in [4.69, 9.17) is 23.2 Å². The molecule has 2 heterocycles. The first-order valence-electron chi connectivity index (χ1n) is 4.32. The topological polar surface area (TPSA) is 56.5 Å². The summed E-state index contributed by atoms with van der Waals surface area (Å²) in [5.41, 5.74) is 0.984. The zero-order valence-electron chi connectivity index (χ0n) is 8.26. The largest absolute Gasteiger partial charge is 0.224 e. The first-order chi connectivity index (χ1) is 7.65. The number of aryl methyl sites for hydroxylation is 1. The molecule has 0 aliphatic heterocycles. The highest BCUT2D eigenvalue weighted by molar-refractivity contribution is 7.98. The van der Waals surface area contributed by atoms with Gasteiger partial charge in [0.25, 0.3) is 0 Å². The zero-order valence-corrected chi connectivity index (χ0v) is 10.6. The maximum atomic E-state index is 5.79. The summed E-state index contributed by atoms with van der Waals surface area (Å²) >= 11 is 13.1. The van der Waals surface area contributed by atoms with Gasteiger partial charge in [0.05, 0.1) is 0 Å². The molecule has 2 rings (SSSR count). The molecule has 0 spiro atoms. The average molecular weight is 276 g/mol. The van der Waals surface area contributed by atoms with E-state index in [0.717, 1.165) is 10.7 Å². The minimum absolute atomic E-state index is 0.388. The van der Waals surface area contributed by atoms with E-state index >= 15 is 0 Å². The van der Waals surface area contributed by atoms with Crippen molar-refractivity contribution in [2.75, 3.05) is 0 Å². The molecule has 2 aromatic rings. The summed E-state index contributed by atoms with van der Waals surface area (Å²) in [4.78, 5) is 3.87. The maximum absolute atomic E-state index is 5.79. The minimum atomic E-state index is 0.388. The highest BCUT2D eigenvalue weighted by Crippen LogP contribution is 2.22. The molecular weight excluding hydrogens is 269 g/mol. The van der Waals surface area contributed by atoms with Crippen molar-refractivity contribution in [1.82, 2.24) is 25.2 Å². The lowest BCUT2D eigenvalue weighted by Crippen LogP contribution is -1.93. The van der Waals surface area contributed by atoms with Gasteiger partial charge in [0.1, 0.15) is 10.3 Å². The second-order valence-electron chi connectivity index (χ2n) is 2.99. The Morgan fingerprint density at radius 1 is 1.31 bits per heavy atom. The lowest BCUT2D eigenvalue weighted by atomic mass is 10.3. The van der Waals surface area contributed by atoms with Crippen LogP contribution < -0.4 is 0 Å². The third-order valence-corrected chi connectivity index (χ3v) is 3.24. The summed E-state index contributed by atoms with van der Waals surface area (Å²) in [5, 5.41) is 12.7. The molecule has 0 saturated carbocycles. The van der Waals surface area contributed by atoms with Crippen LogP contribution in [0.25, 0.3) is 0 Å². The number of tetrazole rings is 1. The van der Waals surface area contributed by atoms with E-state index in [9.17, 15) is 0 Å². The van der Waals surface area contributed by atoms with E-state index in [1.54, 1.807) is 23.9 Å². The van der Waals surface area contributed by atoms with Gasteiger partial charge in [-0.2, -0.15) is 0 Å². The Balaban J connectivity index is 2.07. The first kappa shape index (κ1) is 11.6. The van der Waals surface area contributed by atoms with Crippen LogP contribution in [0.3, 0.4) is 0 Å². The van der Waals surface area contributed by atoms with Gasteiger partial charge in [-0.15, -0.1) is 5.10 Å². The highest BCUT2D eigenvalue weighted by atomic mass is 35.5. The van der Waals surface area contributed by atoms with Crippen molar-refractivity contribution >= 4 is 35.0 Å². The lowest BCUT2D eigenvalue weighted by molar-refractivity contribution is 0.664. The number of halogens is 2. The Morgan fingerprint density at radius 2 is 2.00 bits per heavy atom. The highest BCUT2D eigenvalue weighted by Gasteiger charge is 2.05. The fraction of sp³-hybridized carbons (Fsp3) is 0.250. The molecule has 0 fully saturated rings. The van der Waals surface area contributed by atoms with Gasteiger partial charge < -0.3 is 0 Å². The maximum Gasteiger partial charge on any atom is 0.209 e. The number of hydrogen-bond acceptors (Lipinski definition) is 5. The summed E-state index contributed by atoms with van der Waals surface area (Å²) in [5.74, 6) is 0.691. The van der Waals surface area contributed by atoms with Gasteiger partial charge in [-0.3, -0.25) is 0 Å². The minimum Gasteiger partial charge on any atom is -0.224 e. The van der Waals surface area contributed by atoms with Crippen LogP contribution in [0, 0.1) is 0 Å². The molecule has 0 aliphatic carbocycles. The quantitative estimate of drug-likeness (QED) is 0.635.